The molecule has 3 saturated carbocycles. The summed E-state index contributed by atoms with van der Waals surface area (Å²) in [5, 5.41) is 10.7. The van der Waals surface area contributed by atoms with Gasteiger partial charge in [0.15, 0.2) is 5.78 Å². The molecule has 0 bridgehead atoms. The summed E-state index contributed by atoms with van der Waals surface area (Å²) in [6.45, 7) is 2.25. The number of hydrogen-bond acceptors (Lipinski definition) is 3. The van der Waals surface area contributed by atoms with E-state index in [4.69, 9.17) is 0 Å². The van der Waals surface area contributed by atoms with E-state index in [0.29, 0.717) is 23.9 Å². The molecule has 1 aromatic carbocycles. The van der Waals surface area contributed by atoms with E-state index in [1.165, 1.54) is 82.8 Å². The molecule has 4 nitrogen and oxygen atoms in total. The van der Waals surface area contributed by atoms with Gasteiger partial charge >= 0.3 is 0 Å². The largest absolute Gasteiger partial charge is 0.545 e. The summed E-state index contributed by atoms with van der Waals surface area (Å²) in [5.41, 5.74) is 4.81. The molecule has 0 aliphatic heterocycles. The number of fused-ring (bicyclic) bond motifs is 1. The number of quaternary nitrogens is 1. The Hall–Kier alpha value is -1.68. The minimum Gasteiger partial charge on any atom is -0.545 e. The second kappa shape index (κ2) is 11.1. The lowest BCUT2D eigenvalue weighted by Gasteiger charge is -2.24. The second-order valence-electron chi connectivity index (χ2n) is 10.0. The second-order valence-corrected chi connectivity index (χ2v) is 10.0. The van der Waals surface area contributed by atoms with Gasteiger partial charge in [-0.1, -0.05) is 69.2 Å². The molecule has 0 amide bonds. The number of benzene rings is 1. The van der Waals surface area contributed by atoms with Gasteiger partial charge in [0.2, 0.25) is 0 Å². The Kier molecular flexibility index (Phi) is 8.50. The lowest BCUT2D eigenvalue weighted by atomic mass is 9.82. The molecular weight excluding hydrogens is 374 g/mol. The lowest BCUT2D eigenvalue weighted by Crippen LogP contribution is -2.62. The maximum Gasteiger partial charge on any atom is 0.163 e. The van der Waals surface area contributed by atoms with Crippen molar-refractivity contribution < 1.29 is 20.4 Å². The first kappa shape index (κ1) is 23.0. The normalized spacial score (nSPS) is 27.5. The highest BCUT2D eigenvalue weighted by Crippen LogP contribution is 2.46. The number of Topliss-reactive ketones (excluding diaryl/α,β-unsaturated/α-hetero) is 1. The minimum absolute atomic E-state index is 0.124. The first-order chi connectivity index (χ1) is 14.4. The van der Waals surface area contributed by atoms with Crippen LogP contribution in [0.1, 0.15) is 105 Å². The fraction of sp³-hybridized carbons (Fsp3) is 0.692. The highest BCUT2D eigenvalue weighted by Gasteiger charge is 2.36. The zero-order chi connectivity index (χ0) is 21.5. The monoisotopic (exact) mass is 413 g/mol. The van der Waals surface area contributed by atoms with Crippen molar-refractivity contribution in [1.82, 2.24) is 0 Å². The van der Waals surface area contributed by atoms with E-state index < -0.39 is 5.97 Å². The number of carboxylic acid groups (broad SMARTS) is 1. The Morgan fingerprint density at radius 3 is 1.87 bits per heavy atom. The van der Waals surface area contributed by atoms with Crippen LogP contribution in [-0.4, -0.2) is 17.8 Å². The van der Waals surface area contributed by atoms with Crippen LogP contribution in [0.3, 0.4) is 0 Å². The molecule has 4 rings (SSSR count). The van der Waals surface area contributed by atoms with Crippen molar-refractivity contribution in [3.63, 3.8) is 0 Å². The zero-order valence-electron chi connectivity index (χ0n) is 18.6. The van der Waals surface area contributed by atoms with Crippen LogP contribution in [0, 0.1) is 23.7 Å². The number of carbonyl (C=O) groups is 2. The van der Waals surface area contributed by atoms with E-state index in [9.17, 15) is 14.7 Å². The SMILES string of the molecule is C[C@@H]([NH3+])C1CCCCC1.O=C([O-])c1ccc(C(=O)CC2C[C@H]3CCCC[C@H]3C2)cc1. The fourth-order valence-electron chi connectivity index (χ4n) is 5.90. The zero-order valence-corrected chi connectivity index (χ0v) is 18.6. The van der Waals surface area contributed by atoms with Gasteiger partial charge in [0.25, 0.3) is 0 Å². The maximum atomic E-state index is 12.3. The Bertz CT molecular complexity index is 677. The van der Waals surface area contributed by atoms with E-state index in [1.54, 1.807) is 12.1 Å². The summed E-state index contributed by atoms with van der Waals surface area (Å²) in [4.78, 5) is 23.0. The van der Waals surface area contributed by atoms with Crippen LogP contribution in [0.2, 0.25) is 0 Å². The van der Waals surface area contributed by atoms with Crippen LogP contribution in [0.25, 0.3) is 0 Å². The number of aromatic carboxylic acids is 1. The van der Waals surface area contributed by atoms with Crippen LogP contribution in [0.4, 0.5) is 0 Å². The summed E-state index contributed by atoms with van der Waals surface area (Å²) in [6, 6.07) is 6.81. The Morgan fingerprint density at radius 2 is 1.40 bits per heavy atom. The number of carbonyl (C=O) groups excluding carboxylic acids is 2. The lowest BCUT2D eigenvalue weighted by molar-refractivity contribution is -0.428. The van der Waals surface area contributed by atoms with E-state index in [1.807, 2.05) is 0 Å². The Balaban J connectivity index is 0.000000239. The molecule has 1 aromatic rings. The summed E-state index contributed by atoms with van der Waals surface area (Å²) in [6.07, 6.45) is 15.6. The summed E-state index contributed by atoms with van der Waals surface area (Å²) >= 11 is 0. The molecule has 3 aliphatic rings. The molecule has 1 unspecified atom stereocenters. The Morgan fingerprint density at radius 1 is 0.900 bits per heavy atom. The van der Waals surface area contributed by atoms with Crippen LogP contribution in [-0.2, 0) is 0 Å². The van der Waals surface area contributed by atoms with E-state index in [2.05, 4.69) is 12.7 Å². The molecule has 30 heavy (non-hydrogen) atoms. The van der Waals surface area contributed by atoms with Gasteiger partial charge in [-0.2, -0.15) is 0 Å². The number of rotatable bonds is 5. The van der Waals surface area contributed by atoms with E-state index >= 15 is 0 Å². The first-order valence-electron chi connectivity index (χ1n) is 12.1. The van der Waals surface area contributed by atoms with Gasteiger partial charge < -0.3 is 15.6 Å². The predicted molar refractivity (Wildman–Crippen MR) is 117 cm³/mol. The Labute approximate surface area is 181 Å². The molecule has 0 radical (unpaired) electrons. The van der Waals surface area contributed by atoms with Crippen molar-refractivity contribution in [3.8, 4) is 0 Å². The third-order valence-electron chi connectivity index (χ3n) is 7.71. The molecule has 4 heteroatoms. The summed E-state index contributed by atoms with van der Waals surface area (Å²) in [5.74, 6) is 2.09. The molecule has 0 saturated heterocycles. The van der Waals surface area contributed by atoms with Gasteiger partial charge in [-0.25, -0.2) is 0 Å². The van der Waals surface area contributed by atoms with Gasteiger partial charge in [-0.15, -0.1) is 0 Å². The highest BCUT2D eigenvalue weighted by molar-refractivity contribution is 5.97. The van der Waals surface area contributed by atoms with Crippen molar-refractivity contribution in [2.75, 3.05) is 0 Å². The topological polar surface area (TPSA) is 84.8 Å². The minimum atomic E-state index is -1.20. The third kappa shape index (κ3) is 6.41. The van der Waals surface area contributed by atoms with Gasteiger partial charge in [-0.3, -0.25) is 4.79 Å². The molecule has 166 valence electrons. The van der Waals surface area contributed by atoms with Crippen molar-refractivity contribution in [1.29, 1.82) is 0 Å². The van der Waals surface area contributed by atoms with Gasteiger partial charge in [0.1, 0.15) is 0 Å². The van der Waals surface area contributed by atoms with Crippen LogP contribution >= 0.6 is 0 Å². The summed E-state index contributed by atoms with van der Waals surface area (Å²) < 4.78 is 0. The average Bonchev–Trinajstić information content (AvgIpc) is 3.17. The number of carboxylic acids is 1. The smallest absolute Gasteiger partial charge is 0.163 e. The van der Waals surface area contributed by atoms with Crippen molar-refractivity contribution in [2.24, 2.45) is 23.7 Å². The fourth-order valence-corrected chi connectivity index (χ4v) is 5.90. The maximum absolute atomic E-state index is 12.3. The number of hydrogen-bond donors (Lipinski definition) is 1. The van der Waals surface area contributed by atoms with E-state index in [-0.39, 0.29) is 11.3 Å². The number of ketones is 1. The average molecular weight is 414 g/mol. The van der Waals surface area contributed by atoms with Gasteiger partial charge in [-0.05, 0) is 55.9 Å². The van der Waals surface area contributed by atoms with E-state index in [0.717, 1.165) is 17.8 Å². The van der Waals surface area contributed by atoms with Crippen LogP contribution in [0.5, 0.6) is 0 Å². The van der Waals surface area contributed by atoms with Crippen molar-refractivity contribution in [3.05, 3.63) is 35.4 Å². The molecule has 0 aromatic heterocycles. The predicted octanol–water partition coefficient (Wildman–Crippen LogP) is 4.04. The highest BCUT2D eigenvalue weighted by atomic mass is 16.4. The quantitative estimate of drug-likeness (QED) is 0.739. The molecule has 3 N–H and O–H groups in total. The third-order valence-corrected chi connectivity index (χ3v) is 7.71. The van der Waals surface area contributed by atoms with Crippen molar-refractivity contribution in [2.45, 2.75) is 90.0 Å². The van der Waals surface area contributed by atoms with Crippen LogP contribution < -0.4 is 10.8 Å². The molecule has 3 fully saturated rings. The molecular formula is C26H39NO3. The van der Waals surface area contributed by atoms with Gasteiger partial charge in [0.05, 0.1) is 12.0 Å². The molecule has 0 heterocycles. The first-order valence-corrected chi connectivity index (χ1v) is 12.1. The van der Waals surface area contributed by atoms with Crippen LogP contribution in [0.15, 0.2) is 24.3 Å². The molecule has 4 atom stereocenters. The van der Waals surface area contributed by atoms with Gasteiger partial charge in [0, 0.05) is 17.9 Å². The molecule has 3 aliphatic carbocycles. The molecule has 0 spiro atoms. The summed E-state index contributed by atoms with van der Waals surface area (Å²) in [7, 11) is 0. The standard InChI is InChI=1S/C18H22O3.C8H17N/c19-17(13-5-7-14(8-6-13)18(20)21)11-12-9-15-3-1-2-4-16(15)10-12;1-7(9)8-5-3-2-4-6-8/h5-8,12,15-16H,1-4,9-11H2,(H,20,21);7-8H,2-6,9H2,1H3/t12?,15-,16+;7-/m.1/s1. The van der Waals surface area contributed by atoms with Crippen molar-refractivity contribution >= 4 is 11.8 Å².